The number of anilines is 1. The Labute approximate surface area is 122 Å². The van der Waals surface area contributed by atoms with E-state index in [-0.39, 0.29) is 11.3 Å². The van der Waals surface area contributed by atoms with Gasteiger partial charge in [0, 0.05) is 25.7 Å². The first-order valence-electron chi connectivity index (χ1n) is 6.81. The van der Waals surface area contributed by atoms with E-state index in [0.29, 0.717) is 13.1 Å². The summed E-state index contributed by atoms with van der Waals surface area (Å²) in [5, 5.41) is 8.54. The van der Waals surface area contributed by atoms with E-state index in [1.165, 1.54) is 6.08 Å². The van der Waals surface area contributed by atoms with Crippen LogP contribution < -0.4 is 4.90 Å². The van der Waals surface area contributed by atoms with E-state index in [4.69, 9.17) is 5.11 Å². The molecule has 1 N–H and O–H groups in total. The molecule has 0 radical (unpaired) electrons. The fourth-order valence-corrected chi connectivity index (χ4v) is 2.42. The molecule has 0 atom stereocenters. The van der Waals surface area contributed by atoms with Gasteiger partial charge < -0.3 is 14.9 Å². The lowest BCUT2D eigenvalue weighted by Gasteiger charge is -2.24. The average molecular weight is 296 g/mol. The second kappa shape index (κ2) is 6.67. The topological polar surface area (TPSA) is 43.8 Å². The van der Waals surface area contributed by atoms with Crippen LogP contribution >= 0.6 is 0 Å². The first kappa shape index (κ1) is 15.4. The van der Waals surface area contributed by atoms with E-state index in [0.717, 1.165) is 37.7 Å². The molecule has 1 aromatic rings. The Morgan fingerprint density at radius 1 is 1.19 bits per heavy atom. The van der Waals surface area contributed by atoms with Crippen LogP contribution in [0.3, 0.4) is 0 Å². The molecule has 0 saturated carbocycles. The van der Waals surface area contributed by atoms with Gasteiger partial charge in [-0.2, -0.15) is 0 Å². The molecule has 1 heterocycles. The standard InChI is InChI=1S/C15H18F2N2O2/c1-18-5-2-6-19(8-7-18)15-12(16)9-11(10-13(15)17)3-4-14(20)21/h3-4,9-10H,2,5-8H2,1H3,(H,20,21). The molecule has 0 aliphatic carbocycles. The van der Waals surface area contributed by atoms with Crippen molar-refractivity contribution < 1.29 is 18.7 Å². The van der Waals surface area contributed by atoms with Crippen LogP contribution in [-0.4, -0.2) is 49.2 Å². The summed E-state index contributed by atoms with van der Waals surface area (Å²) >= 11 is 0. The van der Waals surface area contributed by atoms with Crippen molar-refractivity contribution in [2.45, 2.75) is 6.42 Å². The molecule has 6 heteroatoms. The van der Waals surface area contributed by atoms with Crippen LogP contribution in [0.5, 0.6) is 0 Å². The van der Waals surface area contributed by atoms with Crippen LogP contribution in [0.1, 0.15) is 12.0 Å². The Kier molecular flexibility index (Phi) is 4.90. The minimum atomic E-state index is -1.16. The number of hydrogen-bond acceptors (Lipinski definition) is 3. The maximum Gasteiger partial charge on any atom is 0.328 e. The first-order valence-corrected chi connectivity index (χ1v) is 6.81. The van der Waals surface area contributed by atoms with Crippen molar-refractivity contribution in [1.29, 1.82) is 0 Å². The van der Waals surface area contributed by atoms with Crippen LogP contribution in [0, 0.1) is 11.6 Å². The summed E-state index contributed by atoms with van der Waals surface area (Å²) in [4.78, 5) is 14.3. The predicted molar refractivity (Wildman–Crippen MR) is 77.4 cm³/mol. The van der Waals surface area contributed by atoms with Gasteiger partial charge in [0.05, 0.1) is 0 Å². The summed E-state index contributed by atoms with van der Waals surface area (Å²) < 4.78 is 28.3. The SMILES string of the molecule is CN1CCCN(c2c(F)cc(C=CC(=O)O)cc2F)CC1. The molecule has 4 nitrogen and oxygen atoms in total. The average Bonchev–Trinajstić information content (AvgIpc) is 2.61. The summed E-state index contributed by atoms with van der Waals surface area (Å²) in [7, 11) is 1.98. The van der Waals surface area contributed by atoms with E-state index in [1.807, 2.05) is 7.05 Å². The first-order chi connectivity index (χ1) is 9.97. The zero-order chi connectivity index (χ0) is 15.4. The van der Waals surface area contributed by atoms with Crippen molar-refractivity contribution >= 4 is 17.7 Å². The minimum Gasteiger partial charge on any atom is -0.478 e. The quantitative estimate of drug-likeness (QED) is 0.869. The number of carboxylic acid groups (broad SMARTS) is 1. The van der Waals surface area contributed by atoms with Crippen molar-refractivity contribution in [3.05, 3.63) is 35.4 Å². The maximum absolute atomic E-state index is 14.2. The third-order valence-electron chi connectivity index (χ3n) is 3.49. The van der Waals surface area contributed by atoms with Crippen LogP contribution in [0.25, 0.3) is 6.08 Å². The molecule has 1 aromatic carbocycles. The highest BCUT2D eigenvalue weighted by Crippen LogP contribution is 2.26. The van der Waals surface area contributed by atoms with Gasteiger partial charge in [0.1, 0.15) is 17.3 Å². The molecule has 2 rings (SSSR count). The number of benzene rings is 1. The summed E-state index contributed by atoms with van der Waals surface area (Å²) in [5.74, 6) is -2.48. The van der Waals surface area contributed by atoms with Gasteiger partial charge in [-0.25, -0.2) is 13.6 Å². The highest BCUT2D eigenvalue weighted by Gasteiger charge is 2.20. The van der Waals surface area contributed by atoms with Crippen LogP contribution in [0.4, 0.5) is 14.5 Å². The fourth-order valence-electron chi connectivity index (χ4n) is 2.42. The molecule has 0 spiro atoms. The van der Waals surface area contributed by atoms with Gasteiger partial charge in [0.2, 0.25) is 0 Å². The molecular formula is C15H18F2N2O2. The van der Waals surface area contributed by atoms with E-state index in [1.54, 1.807) is 4.90 Å². The number of halogens is 2. The van der Waals surface area contributed by atoms with Gasteiger partial charge in [0.25, 0.3) is 0 Å². The van der Waals surface area contributed by atoms with Crippen LogP contribution in [0.2, 0.25) is 0 Å². The number of likely N-dealkylation sites (N-methyl/N-ethyl adjacent to an activating group) is 1. The number of carbonyl (C=O) groups is 1. The molecule has 0 amide bonds. The fraction of sp³-hybridized carbons (Fsp3) is 0.400. The molecular weight excluding hydrogens is 278 g/mol. The van der Waals surface area contributed by atoms with Crippen LogP contribution in [0.15, 0.2) is 18.2 Å². The minimum absolute atomic E-state index is 0.0298. The second-order valence-electron chi connectivity index (χ2n) is 5.15. The van der Waals surface area contributed by atoms with Crippen molar-refractivity contribution in [3.8, 4) is 0 Å². The number of carboxylic acids is 1. The highest BCUT2D eigenvalue weighted by atomic mass is 19.1. The monoisotopic (exact) mass is 296 g/mol. The molecule has 0 unspecified atom stereocenters. The van der Waals surface area contributed by atoms with Gasteiger partial charge in [-0.3, -0.25) is 0 Å². The summed E-state index contributed by atoms with van der Waals surface area (Å²) in [6.07, 6.45) is 2.87. The largest absolute Gasteiger partial charge is 0.478 e. The Morgan fingerprint density at radius 3 is 2.48 bits per heavy atom. The molecule has 114 valence electrons. The highest BCUT2D eigenvalue weighted by molar-refractivity contribution is 5.85. The molecule has 1 fully saturated rings. The Hall–Kier alpha value is -1.95. The lowest BCUT2D eigenvalue weighted by molar-refractivity contribution is -0.131. The smallest absolute Gasteiger partial charge is 0.328 e. The van der Waals surface area contributed by atoms with E-state index >= 15 is 0 Å². The third kappa shape index (κ3) is 4.01. The number of rotatable bonds is 3. The summed E-state index contributed by atoms with van der Waals surface area (Å²) in [5.41, 5.74) is 0.167. The number of nitrogens with zero attached hydrogens (tertiary/aromatic N) is 2. The van der Waals surface area contributed by atoms with Gasteiger partial charge in [-0.15, -0.1) is 0 Å². The van der Waals surface area contributed by atoms with E-state index < -0.39 is 17.6 Å². The maximum atomic E-state index is 14.2. The van der Waals surface area contributed by atoms with Gasteiger partial charge in [0.15, 0.2) is 0 Å². The molecule has 1 saturated heterocycles. The number of hydrogen-bond donors (Lipinski definition) is 1. The van der Waals surface area contributed by atoms with Gasteiger partial charge in [-0.1, -0.05) is 0 Å². The third-order valence-corrected chi connectivity index (χ3v) is 3.49. The molecule has 21 heavy (non-hydrogen) atoms. The summed E-state index contributed by atoms with van der Waals surface area (Å²) in [6, 6.07) is 2.32. The Balaban J connectivity index is 2.26. The number of aliphatic carboxylic acids is 1. The molecule has 1 aliphatic rings. The normalized spacial score (nSPS) is 17.2. The molecule has 0 bridgehead atoms. The van der Waals surface area contributed by atoms with Crippen molar-refractivity contribution in [3.63, 3.8) is 0 Å². The van der Waals surface area contributed by atoms with Gasteiger partial charge >= 0.3 is 5.97 Å². The van der Waals surface area contributed by atoms with Gasteiger partial charge in [-0.05, 0) is 43.8 Å². The van der Waals surface area contributed by atoms with Crippen molar-refractivity contribution in [2.75, 3.05) is 38.1 Å². The van der Waals surface area contributed by atoms with Crippen molar-refractivity contribution in [1.82, 2.24) is 4.90 Å². The Morgan fingerprint density at radius 2 is 1.86 bits per heavy atom. The lowest BCUT2D eigenvalue weighted by atomic mass is 10.1. The zero-order valence-electron chi connectivity index (χ0n) is 11.9. The van der Waals surface area contributed by atoms with E-state index in [9.17, 15) is 13.6 Å². The van der Waals surface area contributed by atoms with Crippen molar-refractivity contribution in [2.24, 2.45) is 0 Å². The second-order valence-corrected chi connectivity index (χ2v) is 5.15. The van der Waals surface area contributed by atoms with E-state index in [2.05, 4.69) is 4.90 Å². The summed E-state index contributed by atoms with van der Waals surface area (Å²) in [6.45, 7) is 2.82. The van der Waals surface area contributed by atoms with Crippen LogP contribution in [-0.2, 0) is 4.79 Å². The lowest BCUT2D eigenvalue weighted by Crippen LogP contribution is -2.30. The Bertz CT molecular complexity index is 538. The zero-order valence-corrected chi connectivity index (χ0v) is 11.9. The molecule has 1 aliphatic heterocycles. The predicted octanol–water partition coefficient (Wildman–Crippen LogP) is 2.20. The molecule has 0 aromatic heterocycles.